The van der Waals surface area contributed by atoms with E-state index in [4.69, 9.17) is 0 Å². The fourth-order valence-electron chi connectivity index (χ4n) is 12.6. The first-order chi connectivity index (χ1) is 24.6. The summed E-state index contributed by atoms with van der Waals surface area (Å²) in [6.45, 7) is 0. The monoisotopic (exact) mass is 691 g/mol. The van der Waals surface area contributed by atoms with E-state index in [1.807, 2.05) is 0 Å². The van der Waals surface area contributed by atoms with Crippen LogP contribution in [0.4, 0.5) is 0 Å². The molecule has 0 saturated heterocycles. The normalized spacial score (nSPS) is 40.6. The Kier molecular flexibility index (Phi) is 14.4. The van der Waals surface area contributed by atoms with Crippen LogP contribution in [0.25, 0.3) is 0 Å². The molecule has 7 fully saturated rings. The highest BCUT2D eigenvalue weighted by molar-refractivity contribution is 5.02. The molecule has 4 heteroatoms. The molecule has 7 rings (SSSR count). The van der Waals surface area contributed by atoms with Gasteiger partial charge >= 0.3 is 0 Å². The van der Waals surface area contributed by atoms with Gasteiger partial charge in [0.1, 0.15) is 0 Å². The Morgan fingerprint density at radius 1 is 0.260 bits per heavy atom. The Morgan fingerprint density at radius 3 is 0.760 bits per heavy atom. The molecule has 0 aromatic rings. The highest BCUT2D eigenvalue weighted by atomic mass is 16.3. The minimum atomic E-state index is -0.0392. The molecule has 4 nitrogen and oxygen atoms in total. The molecule has 0 radical (unpaired) electrons. The van der Waals surface area contributed by atoms with Crippen LogP contribution < -0.4 is 0 Å². The predicted octanol–water partition coefficient (Wildman–Crippen LogP) is 10.9. The van der Waals surface area contributed by atoms with Crippen LogP contribution in [0.5, 0.6) is 0 Å². The van der Waals surface area contributed by atoms with Gasteiger partial charge in [0.05, 0.1) is 12.2 Å². The van der Waals surface area contributed by atoms with Crippen LogP contribution in [0.1, 0.15) is 193 Å². The van der Waals surface area contributed by atoms with Crippen molar-refractivity contribution in [3.8, 4) is 0 Å². The van der Waals surface area contributed by atoms with Crippen molar-refractivity contribution in [2.45, 2.75) is 241 Å². The van der Waals surface area contributed by atoms with Crippen LogP contribution in [-0.2, 0) is 0 Å². The van der Waals surface area contributed by atoms with Crippen molar-refractivity contribution in [3.63, 3.8) is 0 Å². The standard InChI is InChI=1S/C46H78N2O2/c49-45-31-27-43(28-32-45)47(39-7-3-1-4-8-39)41-23-19-37(20-24-41)17-15-35-11-13-36(14-12-35)16-18-38-21-25-42(26-22-38)48(40-9-5-2-6-10-40)44-29-33-46(50)34-30-44/h15-18,35-46,49-50H,1-14,19-34H2. The summed E-state index contributed by atoms with van der Waals surface area (Å²) in [7, 11) is 0. The highest BCUT2D eigenvalue weighted by Gasteiger charge is 2.38. The molecule has 7 aliphatic carbocycles. The van der Waals surface area contributed by atoms with Crippen molar-refractivity contribution in [1.29, 1.82) is 0 Å². The summed E-state index contributed by atoms with van der Waals surface area (Å²) in [6.07, 6.45) is 50.6. The average molecular weight is 691 g/mol. The van der Waals surface area contributed by atoms with Crippen molar-refractivity contribution >= 4 is 0 Å². The molecule has 284 valence electrons. The number of hydrogen-bond acceptors (Lipinski definition) is 4. The quantitative estimate of drug-likeness (QED) is 0.224. The predicted molar refractivity (Wildman–Crippen MR) is 209 cm³/mol. The third-order valence-electron chi connectivity index (χ3n) is 15.6. The first-order valence-electron chi connectivity index (χ1n) is 22.9. The molecule has 0 bridgehead atoms. The molecule has 0 unspecified atom stereocenters. The second-order valence-corrected chi connectivity index (χ2v) is 19.0. The molecule has 0 spiro atoms. The Balaban J connectivity index is 0.821. The molecule has 0 heterocycles. The summed E-state index contributed by atoms with van der Waals surface area (Å²) in [5.74, 6) is 3.23. The van der Waals surface area contributed by atoms with Gasteiger partial charge in [-0.2, -0.15) is 0 Å². The van der Waals surface area contributed by atoms with Crippen molar-refractivity contribution in [2.24, 2.45) is 23.7 Å². The molecular formula is C46H78N2O2. The van der Waals surface area contributed by atoms with Crippen LogP contribution in [0, 0.1) is 23.7 Å². The van der Waals surface area contributed by atoms with E-state index >= 15 is 0 Å². The molecule has 0 aromatic heterocycles. The molecule has 7 aliphatic rings. The summed E-state index contributed by atoms with van der Waals surface area (Å²) in [5, 5.41) is 20.4. The molecule has 0 aliphatic heterocycles. The van der Waals surface area contributed by atoms with E-state index in [0.29, 0.717) is 0 Å². The Morgan fingerprint density at radius 2 is 0.480 bits per heavy atom. The topological polar surface area (TPSA) is 46.9 Å². The lowest BCUT2D eigenvalue weighted by Crippen LogP contribution is -2.52. The van der Waals surface area contributed by atoms with Crippen molar-refractivity contribution in [2.75, 3.05) is 0 Å². The second kappa shape index (κ2) is 19.1. The van der Waals surface area contributed by atoms with Gasteiger partial charge in [0.25, 0.3) is 0 Å². The maximum Gasteiger partial charge on any atom is 0.0541 e. The molecular weight excluding hydrogens is 613 g/mol. The van der Waals surface area contributed by atoms with Crippen molar-refractivity contribution < 1.29 is 10.2 Å². The molecule has 0 aromatic carbocycles. The first kappa shape index (κ1) is 37.6. The van der Waals surface area contributed by atoms with Gasteiger partial charge in [-0.1, -0.05) is 62.8 Å². The van der Waals surface area contributed by atoms with E-state index in [9.17, 15) is 10.2 Å². The van der Waals surface area contributed by atoms with E-state index in [-0.39, 0.29) is 12.2 Å². The number of hydrogen-bond donors (Lipinski definition) is 2. The zero-order valence-corrected chi connectivity index (χ0v) is 32.2. The molecule has 50 heavy (non-hydrogen) atoms. The smallest absolute Gasteiger partial charge is 0.0541 e. The lowest BCUT2D eigenvalue weighted by molar-refractivity contribution is -0.00203. The highest BCUT2D eigenvalue weighted by Crippen LogP contribution is 2.40. The summed E-state index contributed by atoms with van der Waals surface area (Å²) in [4.78, 5) is 6.09. The van der Waals surface area contributed by atoms with Gasteiger partial charge in [-0.05, 0) is 178 Å². The molecule has 0 amide bonds. The van der Waals surface area contributed by atoms with Gasteiger partial charge in [0.2, 0.25) is 0 Å². The fourth-order valence-corrected chi connectivity index (χ4v) is 12.6. The maximum atomic E-state index is 10.2. The van der Waals surface area contributed by atoms with Gasteiger partial charge in [0.15, 0.2) is 0 Å². The fraction of sp³-hybridized carbons (Fsp3) is 0.913. The lowest BCUT2D eigenvalue weighted by atomic mass is 9.78. The molecule has 0 atom stereocenters. The van der Waals surface area contributed by atoms with Gasteiger partial charge in [0, 0.05) is 36.3 Å². The number of allylic oxidation sites excluding steroid dienone is 4. The van der Waals surface area contributed by atoms with Gasteiger partial charge in [-0.3, -0.25) is 9.80 Å². The first-order valence-corrected chi connectivity index (χ1v) is 22.9. The van der Waals surface area contributed by atoms with E-state index in [0.717, 1.165) is 85.6 Å². The minimum Gasteiger partial charge on any atom is -0.393 e. The summed E-state index contributed by atoms with van der Waals surface area (Å²) in [5.41, 5.74) is 0. The number of aliphatic hydroxyl groups is 2. The third-order valence-corrected chi connectivity index (χ3v) is 15.6. The van der Waals surface area contributed by atoms with Gasteiger partial charge < -0.3 is 10.2 Å². The number of rotatable bonds is 10. The zero-order valence-electron chi connectivity index (χ0n) is 32.2. The average Bonchev–Trinajstić information content (AvgIpc) is 3.17. The Bertz CT molecular complexity index is 925. The summed E-state index contributed by atoms with van der Waals surface area (Å²) in [6, 6.07) is 4.69. The summed E-state index contributed by atoms with van der Waals surface area (Å²) < 4.78 is 0. The number of nitrogens with zero attached hydrogens (tertiary/aromatic N) is 2. The van der Waals surface area contributed by atoms with Gasteiger partial charge in [-0.15, -0.1) is 0 Å². The minimum absolute atomic E-state index is 0.0392. The van der Waals surface area contributed by atoms with E-state index in [1.165, 1.54) is 167 Å². The van der Waals surface area contributed by atoms with E-state index in [1.54, 1.807) is 0 Å². The molecule has 7 saturated carbocycles. The van der Waals surface area contributed by atoms with Crippen LogP contribution in [0.2, 0.25) is 0 Å². The van der Waals surface area contributed by atoms with Crippen LogP contribution in [-0.4, -0.2) is 68.5 Å². The second-order valence-electron chi connectivity index (χ2n) is 19.0. The molecule has 2 N–H and O–H groups in total. The number of aliphatic hydroxyl groups excluding tert-OH is 2. The van der Waals surface area contributed by atoms with Crippen molar-refractivity contribution in [3.05, 3.63) is 24.3 Å². The third kappa shape index (κ3) is 10.3. The van der Waals surface area contributed by atoms with Gasteiger partial charge in [-0.25, -0.2) is 0 Å². The van der Waals surface area contributed by atoms with Crippen molar-refractivity contribution in [1.82, 2.24) is 9.80 Å². The largest absolute Gasteiger partial charge is 0.393 e. The van der Waals surface area contributed by atoms with E-state index in [2.05, 4.69) is 34.1 Å². The van der Waals surface area contributed by atoms with E-state index < -0.39 is 0 Å². The maximum absolute atomic E-state index is 10.2. The van der Waals surface area contributed by atoms with Crippen LogP contribution >= 0.6 is 0 Å². The zero-order chi connectivity index (χ0) is 34.1. The Hall–Kier alpha value is -0.680. The van der Waals surface area contributed by atoms with Crippen LogP contribution in [0.15, 0.2) is 24.3 Å². The van der Waals surface area contributed by atoms with Crippen LogP contribution in [0.3, 0.4) is 0 Å². The SMILES string of the molecule is OC1CCC(N(C2CCCCC2)C2CCC(C=CC3CCC(C=CC4CCC(N(C5CCCCC5)C5CCC(O)CC5)CC4)CC3)CC2)CC1. The summed E-state index contributed by atoms with van der Waals surface area (Å²) >= 11 is 0. The lowest BCUT2D eigenvalue weighted by Gasteiger charge is -2.48. The Labute approximate surface area is 308 Å².